The maximum Gasteiger partial charge on any atom is 0.356 e. The van der Waals surface area contributed by atoms with Crippen molar-refractivity contribution in [3.05, 3.63) is 30.1 Å². The van der Waals surface area contributed by atoms with Gasteiger partial charge in [-0.15, -0.1) is 0 Å². The number of hydrogen-bond donors (Lipinski definition) is 1. The zero-order valence-corrected chi connectivity index (χ0v) is 9.21. The van der Waals surface area contributed by atoms with Crippen molar-refractivity contribution in [3.63, 3.8) is 0 Å². The standard InChI is InChI=1S/C11H13N3O2/c1-3-13(2)10-9(11(15)16)14-7-5-4-6-8(14)12-10/h4-7H,3H2,1-2H3,(H,15,16). The van der Waals surface area contributed by atoms with Gasteiger partial charge in [0.15, 0.2) is 11.5 Å². The highest BCUT2D eigenvalue weighted by Crippen LogP contribution is 2.20. The van der Waals surface area contributed by atoms with E-state index in [1.165, 1.54) is 0 Å². The molecule has 0 aliphatic carbocycles. The number of aromatic nitrogens is 2. The average Bonchev–Trinajstić information content (AvgIpc) is 2.67. The number of hydrogen-bond acceptors (Lipinski definition) is 3. The average molecular weight is 219 g/mol. The third kappa shape index (κ3) is 1.50. The molecule has 2 aromatic heterocycles. The summed E-state index contributed by atoms with van der Waals surface area (Å²) in [4.78, 5) is 17.4. The molecule has 0 aliphatic heterocycles. The van der Waals surface area contributed by atoms with Crippen LogP contribution in [0.25, 0.3) is 5.65 Å². The quantitative estimate of drug-likeness (QED) is 0.849. The van der Waals surface area contributed by atoms with Gasteiger partial charge in [-0.25, -0.2) is 9.78 Å². The fourth-order valence-corrected chi connectivity index (χ4v) is 1.60. The van der Waals surface area contributed by atoms with Crippen LogP contribution in [0.3, 0.4) is 0 Å². The Hall–Kier alpha value is -2.04. The van der Waals surface area contributed by atoms with E-state index in [0.717, 1.165) is 0 Å². The molecule has 2 heterocycles. The number of nitrogens with zero attached hydrogens (tertiary/aromatic N) is 3. The lowest BCUT2D eigenvalue weighted by atomic mass is 10.4. The number of pyridine rings is 1. The normalized spacial score (nSPS) is 10.6. The first-order chi connectivity index (χ1) is 7.65. The number of aromatic carboxylic acids is 1. The summed E-state index contributed by atoms with van der Waals surface area (Å²) in [7, 11) is 1.83. The van der Waals surface area contributed by atoms with Gasteiger partial charge in [-0.1, -0.05) is 6.07 Å². The Kier molecular flexibility index (Phi) is 2.52. The van der Waals surface area contributed by atoms with Gasteiger partial charge in [0.05, 0.1) is 0 Å². The molecule has 5 nitrogen and oxygen atoms in total. The van der Waals surface area contributed by atoms with Gasteiger partial charge in [0.1, 0.15) is 5.65 Å². The molecule has 84 valence electrons. The van der Waals surface area contributed by atoms with Crippen LogP contribution in [-0.4, -0.2) is 34.1 Å². The molecule has 0 spiro atoms. The van der Waals surface area contributed by atoms with Crippen LogP contribution < -0.4 is 4.90 Å². The fourth-order valence-electron chi connectivity index (χ4n) is 1.60. The van der Waals surface area contributed by atoms with Gasteiger partial charge < -0.3 is 10.0 Å². The highest BCUT2D eigenvalue weighted by Gasteiger charge is 2.20. The van der Waals surface area contributed by atoms with Gasteiger partial charge in [0.25, 0.3) is 0 Å². The van der Waals surface area contributed by atoms with Crippen molar-refractivity contribution < 1.29 is 9.90 Å². The van der Waals surface area contributed by atoms with Crippen LogP contribution in [-0.2, 0) is 0 Å². The van der Waals surface area contributed by atoms with E-state index < -0.39 is 5.97 Å². The van der Waals surface area contributed by atoms with Gasteiger partial charge in [-0.05, 0) is 19.1 Å². The molecule has 5 heteroatoms. The van der Waals surface area contributed by atoms with Crippen LogP contribution in [0.2, 0.25) is 0 Å². The van der Waals surface area contributed by atoms with Crippen LogP contribution in [0, 0.1) is 0 Å². The van der Waals surface area contributed by atoms with Crippen molar-refractivity contribution in [2.45, 2.75) is 6.92 Å². The number of fused-ring (bicyclic) bond motifs is 1. The van der Waals surface area contributed by atoms with Crippen molar-refractivity contribution in [1.29, 1.82) is 0 Å². The van der Waals surface area contributed by atoms with Crippen molar-refractivity contribution >= 4 is 17.4 Å². The lowest BCUT2D eigenvalue weighted by molar-refractivity contribution is 0.0690. The molecule has 0 bridgehead atoms. The molecule has 0 aliphatic rings. The van der Waals surface area contributed by atoms with Crippen molar-refractivity contribution in [1.82, 2.24) is 9.38 Å². The van der Waals surface area contributed by atoms with E-state index >= 15 is 0 Å². The van der Waals surface area contributed by atoms with Crippen LogP contribution in [0.15, 0.2) is 24.4 Å². The minimum Gasteiger partial charge on any atom is -0.476 e. The molecular formula is C11H13N3O2. The van der Waals surface area contributed by atoms with E-state index in [1.807, 2.05) is 24.9 Å². The molecule has 0 saturated carbocycles. The topological polar surface area (TPSA) is 57.8 Å². The summed E-state index contributed by atoms with van der Waals surface area (Å²) in [5, 5.41) is 9.21. The second kappa shape index (κ2) is 3.84. The van der Waals surface area contributed by atoms with Crippen LogP contribution in [0.5, 0.6) is 0 Å². The van der Waals surface area contributed by atoms with E-state index in [4.69, 9.17) is 0 Å². The minimum atomic E-state index is -0.964. The van der Waals surface area contributed by atoms with E-state index in [0.29, 0.717) is 18.0 Å². The van der Waals surface area contributed by atoms with E-state index in [9.17, 15) is 9.90 Å². The zero-order valence-electron chi connectivity index (χ0n) is 9.21. The molecular weight excluding hydrogens is 206 g/mol. The smallest absolute Gasteiger partial charge is 0.356 e. The minimum absolute atomic E-state index is 0.208. The summed E-state index contributed by atoms with van der Waals surface area (Å²) in [6, 6.07) is 5.42. The Bertz CT molecular complexity index is 533. The number of carboxylic acid groups (broad SMARTS) is 1. The lowest BCUT2D eigenvalue weighted by Crippen LogP contribution is -2.19. The summed E-state index contributed by atoms with van der Waals surface area (Å²) in [5.74, 6) is -0.463. The molecule has 2 rings (SSSR count). The zero-order chi connectivity index (χ0) is 11.7. The van der Waals surface area contributed by atoms with Crippen LogP contribution in [0.1, 0.15) is 17.4 Å². The molecule has 0 unspecified atom stereocenters. The molecule has 0 fully saturated rings. The Morgan fingerprint density at radius 1 is 1.56 bits per heavy atom. The first-order valence-electron chi connectivity index (χ1n) is 5.06. The van der Waals surface area contributed by atoms with Gasteiger partial charge in [0.2, 0.25) is 0 Å². The number of rotatable bonds is 3. The number of anilines is 1. The third-order valence-corrected chi connectivity index (χ3v) is 2.55. The SMILES string of the molecule is CCN(C)c1nc2ccccn2c1C(=O)O. The van der Waals surface area contributed by atoms with E-state index in [1.54, 1.807) is 22.7 Å². The molecule has 2 aromatic rings. The Balaban J connectivity index is 2.73. The summed E-state index contributed by atoms with van der Waals surface area (Å²) >= 11 is 0. The predicted molar refractivity (Wildman–Crippen MR) is 61.1 cm³/mol. The number of imidazole rings is 1. The van der Waals surface area contributed by atoms with Gasteiger partial charge in [-0.3, -0.25) is 4.40 Å². The second-order valence-corrected chi connectivity index (χ2v) is 3.53. The Labute approximate surface area is 92.9 Å². The molecule has 0 atom stereocenters. The van der Waals surface area contributed by atoms with Crippen molar-refractivity contribution in [2.24, 2.45) is 0 Å². The van der Waals surface area contributed by atoms with E-state index in [2.05, 4.69) is 4.98 Å². The summed E-state index contributed by atoms with van der Waals surface area (Å²) in [6.45, 7) is 2.67. The number of carboxylic acids is 1. The summed E-state index contributed by atoms with van der Waals surface area (Å²) < 4.78 is 1.59. The molecule has 0 aromatic carbocycles. The Morgan fingerprint density at radius 3 is 2.94 bits per heavy atom. The summed E-state index contributed by atoms with van der Waals surface area (Å²) in [6.07, 6.45) is 1.71. The molecule has 0 radical (unpaired) electrons. The molecule has 1 N–H and O–H groups in total. The maximum atomic E-state index is 11.2. The van der Waals surface area contributed by atoms with Gasteiger partial charge in [0, 0.05) is 19.8 Å². The highest BCUT2D eigenvalue weighted by atomic mass is 16.4. The van der Waals surface area contributed by atoms with Gasteiger partial charge in [-0.2, -0.15) is 0 Å². The molecule has 16 heavy (non-hydrogen) atoms. The first kappa shape index (κ1) is 10.5. The largest absolute Gasteiger partial charge is 0.476 e. The summed E-state index contributed by atoms with van der Waals surface area (Å²) in [5.41, 5.74) is 0.857. The van der Waals surface area contributed by atoms with Crippen molar-refractivity contribution in [3.8, 4) is 0 Å². The predicted octanol–water partition coefficient (Wildman–Crippen LogP) is 1.49. The van der Waals surface area contributed by atoms with Crippen LogP contribution in [0.4, 0.5) is 5.82 Å². The molecule has 0 saturated heterocycles. The first-order valence-corrected chi connectivity index (χ1v) is 5.06. The maximum absolute atomic E-state index is 11.2. The monoisotopic (exact) mass is 219 g/mol. The fraction of sp³-hybridized carbons (Fsp3) is 0.273. The van der Waals surface area contributed by atoms with Crippen LogP contribution >= 0.6 is 0 Å². The van der Waals surface area contributed by atoms with Gasteiger partial charge >= 0.3 is 5.97 Å². The Morgan fingerprint density at radius 2 is 2.31 bits per heavy atom. The van der Waals surface area contributed by atoms with E-state index in [-0.39, 0.29) is 5.69 Å². The molecule has 0 amide bonds. The lowest BCUT2D eigenvalue weighted by Gasteiger charge is -2.13. The highest BCUT2D eigenvalue weighted by molar-refractivity contribution is 5.93. The van der Waals surface area contributed by atoms with Crippen molar-refractivity contribution in [2.75, 3.05) is 18.5 Å². The third-order valence-electron chi connectivity index (χ3n) is 2.55. The second-order valence-electron chi connectivity index (χ2n) is 3.53. The number of carbonyl (C=O) groups is 1.